The van der Waals surface area contributed by atoms with Crippen molar-refractivity contribution < 1.29 is 23.1 Å². The highest BCUT2D eigenvalue weighted by atomic mass is 32.2. The molecule has 0 saturated carbocycles. The molecule has 1 aliphatic rings. The molecule has 0 spiro atoms. The summed E-state index contributed by atoms with van der Waals surface area (Å²) in [6.07, 6.45) is 4.15. The monoisotopic (exact) mass is 351 g/mol. The van der Waals surface area contributed by atoms with E-state index in [1.54, 1.807) is 0 Å². The van der Waals surface area contributed by atoms with Crippen molar-refractivity contribution in [3.8, 4) is 0 Å². The van der Waals surface area contributed by atoms with Crippen molar-refractivity contribution in [1.29, 1.82) is 0 Å². The Morgan fingerprint density at radius 3 is 2.62 bits per heavy atom. The van der Waals surface area contributed by atoms with Crippen LogP contribution in [-0.4, -0.2) is 36.0 Å². The number of carboxylic acid groups (broad SMARTS) is 1. The van der Waals surface area contributed by atoms with Crippen LogP contribution in [-0.2, 0) is 14.6 Å². The van der Waals surface area contributed by atoms with Crippen LogP contribution in [0.25, 0.3) is 0 Å². The highest BCUT2D eigenvalue weighted by Gasteiger charge is 2.23. The van der Waals surface area contributed by atoms with E-state index in [0.29, 0.717) is 12.3 Å². The van der Waals surface area contributed by atoms with Gasteiger partial charge in [0.1, 0.15) is 11.1 Å². The van der Waals surface area contributed by atoms with Gasteiger partial charge in [-0.1, -0.05) is 0 Å². The number of sulfone groups is 1. The summed E-state index contributed by atoms with van der Waals surface area (Å²) in [4.78, 5) is 10.7. The Balaban J connectivity index is 1.82. The van der Waals surface area contributed by atoms with Gasteiger partial charge in [-0.05, 0) is 43.5 Å². The number of anilines is 1. The van der Waals surface area contributed by atoms with Crippen LogP contribution in [0.1, 0.15) is 25.5 Å². The number of hydrogen-bond donors (Lipinski definition) is 2. The lowest BCUT2D eigenvalue weighted by molar-refractivity contribution is -0.0396. The quantitative estimate of drug-likeness (QED) is 0.875. The van der Waals surface area contributed by atoms with Gasteiger partial charge < -0.3 is 9.84 Å². The molecule has 1 aliphatic heterocycles. The molecule has 24 heavy (non-hydrogen) atoms. The van der Waals surface area contributed by atoms with Crippen molar-refractivity contribution in [2.75, 3.05) is 11.9 Å². The summed E-state index contributed by atoms with van der Waals surface area (Å²) in [5, 5.41) is 14.9. The maximum Gasteiger partial charge on any atom is 0.409 e. The molecule has 2 N–H and O–H groups in total. The zero-order valence-electron chi connectivity index (χ0n) is 12.8. The fraction of sp³-hybridized carbons (Fsp3) is 0.333. The molecule has 9 heteroatoms. The van der Waals surface area contributed by atoms with E-state index in [0.717, 1.165) is 19.3 Å². The molecule has 1 amide bonds. The standard InChI is InChI=1S/C15H17N3O5S/c19-15(20)17-11-4-6-12(7-5-11)24(21,22)13-9-16-18(10-13)14-3-1-2-8-23-14/h4-7,9-10,14,17H,1-3,8H2,(H,19,20). The van der Waals surface area contributed by atoms with Crippen LogP contribution in [0.4, 0.5) is 10.5 Å². The van der Waals surface area contributed by atoms with Crippen molar-refractivity contribution in [2.45, 2.75) is 35.3 Å². The summed E-state index contributed by atoms with van der Waals surface area (Å²) in [7, 11) is -3.72. The molecule has 0 radical (unpaired) electrons. The minimum absolute atomic E-state index is 0.0718. The van der Waals surface area contributed by atoms with Crippen molar-refractivity contribution in [2.24, 2.45) is 0 Å². The minimum atomic E-state index is -3.72. The Kier molecular flexibility index (Phi) is 4.54. The molecule has 2 aromatic rings. The number of ether oxygens (including phenoxy) is 1. The third-order valence-corrected chi connectivity index (χ3v) is 5.48. The van der Waals surface area contributed by atoms with Crippen molar-refractivity contribution in [3.63, 3.8) is 0 Å². The molecular formula is C15H17N3O5S. The van der Waals surface area contributed by atoms with Crippen LogP contribution in [0.3, 0.4) is 0 Å². The van der Waals surface area contributed by atoms with E-state index >= 15 is 0 Å². The Bertz CT molecular complexity index is 823. The molecule has 128 valence electrons. The topological polar surface area (TPSA) is 111 Å². The number of amides is 1. The summed E-state index contributed by atoms with van der Waals surface area (Å²) in [6, 6.07) is 5.51. The average Bonchev–Trinajstić information content (AvgIpc) is 3.06. The van der Waals surface area contributed by atoms with Gasteiger partial charge >= 0.3 is 6.09 Å². The van der Waals surface area contributed by atoms with Crippen molar-refractivity contribution >= 4 is 21.6 Å². The summed E-state index contributed by atoms with van der Waals surface area (Å²) < 4.78 is 32.4. The van der Waals surface area contributed by atoms with Gasteiger partial charge in [-0.15, -0.1) is 0 Å². The van der Waals surface area contributed by atoms with Gasteiger partial charge in [0.05, 0.1) is 11.1 Å². The fourth-order valence-corrected chi connectivity index (χ4v) is 3.73. The maximum atomic E-state index is 12.6. The molecule has 1 atom stereocenters. The predicted octanol–water partition coefficient (Wildman–Crippen LogP) is 2.50. The van der Waals surface area contributed by atoms with Crippen LogP contribution >= 0.6 is 0 Å². The lowest BCUT2D eigenvalue weighted by Crippen LogP contribution is -2.18. The highest BCUT2D eigenvalue weighted by molar-refractivity contribution is 7.91. The third-order valence-electron chi connectivity index (χ3n) is 3.75. The number of carbonyl (C=O) groups is 1. The molecule has 2 heterocycles. The first-order chi connectivity index (χ1) is 11.5. The van der Waals surface area contributed by atoms with E-state index in [9.17, 15) is 13.2 Å². The van der Waals surface area contributed by atoms with Crippen molar-refractivity contribution in [1.82, 2.24) is 9.78 Å². The first-order valence-corrected chi connectivity index (χ1v) is 8.96. The number of rotatable bonds is 4. The van der Waals surface area contributed by atoms with Crippen LogP contribution in [0.5, 0.6) is 0 Å². The number of aromatic nitrogens is 2. The van der Waals surface area contributed by atoms with Gasteiger partial charge in [0.2, 0.25) is 9.84 Å². The first-order valence-electron chi connectivity index (χ1n) is 7.48. The normalized spacial score (nSPS) is 18.2. The lowest BCUT2D eigenvalue weighted by atomic mass is 10.2. The molecule has 8 nitrogen and oxygen atoms in total. The number of nitrogens with one attached hydrogen (secondary N) is 1. The van der Waals surface area contributed by atoms with Crippen molar-refractivity contribution in [3.05, 3.63) is 36.7 Å². The summed E-state index contributed by atoms with van der Waals surface area (Å²) in [6.45, 7) is 0.644. The molecule has 0 aliphatic carbocycles. The molecular weight excluding hydrogens is 334 g/mol. The minimum Gasteiger partial charge on any atom is -0.465 e. The van der Waals surface area contributed by atoms with E-state index in [1.807, 2.05) is 0 Å². The van der Waals surface area contributed by atoms with Gasteiger partial charge in [-0.3, -0.25) is 5.32 Å². The smallest absolute Gasteiger partial charge is 0.409 e. The summed E-state index contributed by atoms with van der Waals surface area (Å²) in [5.74, 6) is 0. The maximum absolute atomic E-state index is 12.6. The molecule has 0 bridgehead atoms. The van der Waals surface area contributed by atoms with E-state index in [1.165, 1.54) is 41.3 Å². The molecule has 1 aromatic heterocycles. The van der Waals surface area contributed by atoms with E-state index in [2.05, 4.69) is 10.4 Å². The number of benzene rings is 1. The lowest BCUT2D eigenvalue weighted by Gasteiger charge is -2.22. The number of hydrogen-bond acceptors (Lipinski definition) is 5. The second-order valence-electron chi connectivity index (χ2n) is 5.44. The molecule has 1 aromatic carbocycles. The molecule has 1 unspecified atom stereocenters. The third kappa shape index (κ3) is 3.41. The van der Waals surface area contributed by atoms with Crippen LogP contribution in [0.2, 0.25) is 0 Å². The Labute approximate surface area is 139 Å². The highest BCUT2D eigenvalue weighted by Crippen LogP contribution is 2.26. The Morgan fingerprint density at radius 1 is 1.25 bits per heavy atom. The second kappa shape index (κ2) is 6.62. The van der Waals surface area contributed by atoms with E-state index in [-0.39, 0.29) is 16.0 Å². The SMILES string of the molecule is O=C(O)Nc1ccc(S(=O)(=O)c2cnn(C3CCCCO3)c2)cc1. The number of nitrogens with zero attached hydrogens (tertiary/aromatic N) is 2. The van der Waals surface area contributed by atoms with Gasteiger partial charge in [0.25, 0.3) is 0 Å². The second-order valence-corrected chi connectivity index (χ2v) is 7.38. The van der Waals surface area contributed by atoms with Gasteiger partial charge in [-0.25, -0.2) is 17.9 Å². The van der Waals surface area contributed by atoms with Gasteiger partial charge in [0.15, 0.2) is 0 Å². The predicted molar refractivity (Wildman–Crippen MR) is 84.6 cm³/mol. The van der Waals surface area contributed by atoms with Crippen LogP contribution < -0.4 is 5.32 Å². The molecule has 1 fully saturated rings. The fourth-order valence-electron chi connectivity index (χ4n) is 2.53. The average molecular weight is 351 g/mol. The van der Waals surface area contributed by atoms with E-state index < -0.39 is 15.9 Å². The summed E-state index contributed by atoms with van der Waals surface area (Å²) in [5.41, 5.74) is 0.299. The van der Waals surface area contributed by atoms with Crippen LogP contribution in [0, 0.1) is 0 Å². The summed E-state index contributed by atoms with van der Waals surface area (Å²) >= 11 is 0. The molecule has 1 saturated heterocycles. The Morgan fingerprint density at radius 2 is 2.00 bits per heavy atom. The van der Waals surface area contributed by atoms with Gasteiger partial charge in [-0.2, -0.15) is 5.10 Å². The van der Waals surface area contributed by atoms with E-state index in [4.69, 9.17) is 9.84 Å². The largest absolute Gasteiger partial charge is 0.465 e. The molecule has 3 rings (SSSR count). The zero-order chi connectivity index (χ0) is 17.2. The first kappa shape index (κ1) is 16.5. The van der Waals surface area contributed by atoms with Gasteiger partial charge in [0, 0.05) is 18.5 Å². The zero-order valence-corrected chi connectivity index (χ0v) is 13.6. The Hall–Kier alpha value is -2.39. The van der Waals surface area contributed by atoms with Crippen LogP contribution in [0.15, 0.2) is 46.5 Å².